The number of aromatic nitrogens is 2. The van der Waals surface area contributed by atoms with Crippen LogP contribution in [0.1, 0.15) is 31.2 Å². The monoisotopic (exact) mass is 680 g/mol. The van der Waals surface area contributed by atoms with Gasteiger partial charge in [0.2, 0.25) is 11.8 Å². The Labute approximate surface area is 225 Å². The summed E-state index contributed by atoms with van der Waals surface area (Å²) in [6.07, 6.45) is 0.924. The third-order valence-electron chi connectivity index (χ3n) is 4.22. The van der Waals surface area contributed by atoms with Crippen LogP contribution in [0.3, 0.4) is 0 Å². The first kappa shape index (κ1) is 40.6. The van der Waals surface area contributed by atoms with Gasteiger partial charge in [-0.15, -0.1) is 6.54 Å². The van der Waals surface area contributed by atoms with E-state index in [2.05, 4.69) is 40.6 Å². The fourth-order valence-electron chi connectivity index (χ4n) is 2.81. The summed E-state index contributed by atoms with van der Waals surface area (Å²) in [7, 11) is 0. The van der Waals surface area contributed by atoms with Crippen LogP contribution < -0.4 is 10.6 Å². The van der Waals surface area contributed by atoms with Crippen molar-refractivity contribution < 1.29 is 53.5 Å². The number of hydrogen-bond donors (Lipinski definition) is 2. The van der Waals surface area contributed by atoms with Crippen LogP contribution in [0.25, 0.3) is 5.73 Å². The predicted molar refractivity (Wildman–Crippen MR) is 121 cm³/mol. The van der Waals surface area contributed by atoms with Crippen LogP contribution in [0.4, 0.5) is 0 Å². The summed E-state index contributed by atoms with van der Waals surface area (Å²) in [6, 6.07) is 2.03. The summed E-state index contributed by atoms with van der Waals surface area (Å²) >= 11 is 0. The van der Waals surface area contributed by atoms with Crippen molar-refractivity contribution in [1.82, 2.24) is 25.3 Å². The minimum Gasteiger partial charge on any atom is 0 e. The number of nitrogens with zero attached hydrogens (tertiary/aromatic N) is 3. The number of aryl methyl sites for hydroxylation is 2. The summed E-state index contributed by atoms with van der Waals surface area (Å²) in [5.41, 5.74) is 9.56. The summed E-state index contributed by atoms with van der Waals surface area (Å²) < 4.78 is 29.2. The molecule has 201 valence electrons. The molecule has 0 aliphatic rings. The molecule has 2 amide bonds. The van der Waals surface area contributed by atoms with Gasteiger partial charge in [0.1, 0.15) is 6.54 Å². The van der Waals surface area contributed by atoms with E-state index in [1.54, 1.807) is 6.92 Å². The molecule has 3 N–H and O–H groups in total. The Hall–Kier alpha value is -2.58. The van der Waals surface area contributed by atoms with Gasteiger partial charge in [-0.05, 0) is 46.3 Å². The summed E-state index contributed by atoms with van der Waals surface area (Å²) in [6.45, 7) is 22.2. The smallest absolute Gasteiger partial charge is 0 e. The third kappa shape index (κ3) is 21.9. The largest absolute Gasteiger partial charge is 0 e. The molecule has 0 saturated carbocycles. The Bertz CT molecular complexity index is 781. The molecular formula is C22H33N6O7Re-. The second-order valence-electron chi connectivity index (χ2n) is 6.70. The Morgan fingerprint density at radius 2 is 1.61 bits per heavy atom. The Morgan fingerprint density at radius 1 is 1.03 bits per heavy atom. The van der Waals surface area contributed by atoms with E-state index < -0.39 is 11.9 Å². The molecule has 1 heterocycles. The van der Waals surface area contributed by atoms with Gasteiger partial charge >= 0.3 is 39.9 Å². The fourth-order valence-corrected chi connectivity index (χ4v) is 2.81. The van der Waals surface area contributed by atoms with Gasteiger partial charge in [-0.3, -0.25) is 19.1 Å². The number of rotatable bonds is 14. The van der Waals surface area contributed by atoms with Gasteiger partial charge in [0.05, 0.1) is 25.4 Å². The van der Waals surface area contributed by atoms with Crippen LogP contribution in [-0.4, -0.2) is 78.3 Å². The van der Waals surface area contributed by atoms with E-state index in [0.29, 0.717) is 32.5 Å². The zero-order valence-electron chi connectivity index (χ0n) is 20.7. The van der Waals surface area contributed by atoms with E-state index in [0.717, 1.165) is 24.5 Å². The molecule has 0 atom stereocenters. The Morgan fingerprint density at radius 3 is 2.11 bits per heavy atom. The molecule has 1 aromatic rings. The maximum atomic E-state index is 11.9. The molecule has 13 nitrogen and oxygen atoms in total. The quantitative estimate of drug-likeness (QED) is 0.162. The van der Waals surface area contributed by atoms with Crippen LogP contribution in [0.2, 0.25) is 0 Å². The molecule has 1 rings (SSSR count). The molecule has 0 aromatic carbocycles. The maximum absolute atomic E-state index is 11.9. The van der Waals surface area contributed by atoms with E-state index in [4.69, 9.17) is 24.4 Å². The Kier molecular flexibility index (Phi) is 32.3. The maximum Gasteiger partial charge on any atom is 0 e. The molecule has 0 spiro atoms. The summed E-state index contributed by atoms with van der Waals surface area (Å²) in [4.78, 5) is 36.8. The van der Waals surface area contributed by atoms with Crippen molar-refractivity contribution >= 4 is 17.8 Å². The van der Waals surface area contributed by atoms with Crippen LogP contribution in [0.15, 0.2) is 6.07 Å². The molecule has 0 aliphatic heterocycles. The number of nitrogens with one attached hydrogen (secondary N) is 3. The van der Waals surface area contributed by atoms with Gasteiger partial charge in [0, 0.05) is 39.1 Å². The number of carbonyl (C=O) groups excluding carboxylic acids is 3. The standard InChI is InChI=1S/C19H33N6O4.3CO.Re/c1-4-29-19(28)14-22-18(27)13-21-17(26)6-5-8-24(9-7-20)10-11-25-16(3)12-15(2)23-25;3*1-2;/h12,20H,4-11,13-14H2,1-3H3,(H,21,26)(H,22,27);;;;/q-1;;;;. The zero-order chi connectivity index (χ0) is 27.6. The van der Waals surface area contributed by atoms with Gasteiger partial charge in [-0.1, -0.05) is 0 Å². The number of carbonyl (C=O) groups is 3. The number of esters is 1. The topological polar surface area (TPSA) is 189 Å². The van der Waals surface area contributed by atoms with Crippen molar-refractivity contribution in [2.75, 3.05) is 45.9 Å². The first-order valence-electron chi connectivity index (χ1n) is 10.5. The minimum atomic E-state index is -0.512. The number of hydrogen-bond acceptors (Lipinski definition) is 6. The van der Waals surface area contributed by atoms with Gasteiger partial charge < -0.3 is 26.0 Å². The summed E-state index contributed by atoms with van der Waals surface area (Å²) in [5, 5.41) is 9.37. The average Bonchev–Trinajstić information content (AvgIpc) is 3.20. The molecule has 1 aromatic heterocycles. The third-order valence-corrected chi connectivity index (χ3v) is 4.22. The second-order valence-corrected chi connectivity index (χ2v) is 6.70. The molecular weight excluding hydrogens is 646 g/mol. The molecule has 1 radical (unpaired) electrons. The van der Waals surface area contributed by atoms with E-state index in [1.807, 2.05) is 24.6 Å². The molecule has 0 fully saturated rings. The fraction of sp³-hybridized carbons (Fsp3) is 0.591. The molecule has 0 saturated heterocycles. The average molecular weight is 680 g/mol. The molecule has 0 aliphatic carbocycles. The first-order chi connectivity index (χ1) is 16.8. The zero-order valence-corrected chi connectivity index (χ0v) is 23.4. The van der Waals surface area contributed by atoms with Gasteiger partial charge in [-0.25, -0.2) is 0 Å². The minimum absolute atomic E-state index is 0. The van der Waals surface area contributed by atoms with Gasteiger partial charge in [0.25, 0.3) is 0 Å². The van der Waals surface area contributed by atoms with Crippen molar-refractivity contribution in [1.29, 1.82) is 0 Å². The SMILES string of the molecule is CCOC(=O)CNC(=O)CNC(=O)CCCN(CC[NH-])CCn1nc(C)cc1C.[C-]#[O+].[C-]#[O+].[C-]#[O+].[Re]. The van der Waals surface area contributed by atoms with E-state index >= 15 is 0 Å². The molecule has 14 heteroatoms. The first-order valence-corrected chi connectivity index (χ1v) is 10.5. The molecule has 36 heavy (non-hydrogen) atoms. The van der Waals surface area contributed by atoms with Crippen LogP contribution in [0, 0.1) is 33.8 Å². The molecule has 0 bridgehead atoms. The predicted octanol–water partition coefficient (Wildman–Crippen LogP) is 0.315. The van der Waals surface area contributed by atoms with Gasteiger partial charge in [-0.2, -0.15) is 5.10 Å². The van der Waals surface area contributed by atoms with Crippen molar-refractivity contribution in [2.24, 2.45) is 0 Å². The normalized spacial score (nSPS) is 8.86. The van der Waals surface area contributed by atoms with Crippen molar-refractivity contribution in [3.05, 3.63) is 43.1 Å². The van der Waals surface area contributed by atoms with Crippen molar-refractivity contribution in [3.8, 4) is 0 Å². The summed E-state index contributed by atoms with van der Waals surface area (Å²) in [5.74, 6) is -1.17. The van der Waals surface area contributed by atoms with E-state index in [-0.39, 0.29) is 46.0 Å². The van der Waals surface area contributed by atoms with Crippen LogP contribution in [-0.2, 0) is 60.0 Å². The van der Waals surface area contributed by atoms with Crippen LogP contribution in [0.5, 0.6) is 0 Å². The van der Waals surface area contributed by atoms with E-state index in [1.165, 1.54) is 0 Å². The van der Waals surface area contributed by atoms with Crippen molar-refractivity contribution in [3.63, 3.8) is 0 Å². The molecule has 0 unspecified atom stereocenters. The van der Waals surface area contributed by atoms with Crippen LogP contribution >= 0.6 is 0 Å². The van der Waals surface area contributed by atoms with Crippen molar-refractivity contribution in [2.45, 2.75) is 40.2 Å². The number of ether oxygens (including phenoxy) is 1. The van der Waals surface area contributed by atoms with Gasteiger partial charge in [0.15, 0.2) is 0 Å². The second kappa shape index (κ2) is 28.7. The number of amides is 2. The Balaban J connectivity index is -0.000000677. The van der Waals surface area contributed by atoms with E-state index in [9.17, 15) is 14.4 Å².